The summed E-state index contributed by atoms with van der Waals surface area (Å²) in [5.41, 5.74) is 0.892. The third-order valence-corrected chi connectivity index (χ3v) is 2.35. The van der Waals surface area contributed by atoms with Gasteiger partial charge in [0, 0.05) is 0 Å². The average molecular weight is 222 g/mol. The van der Waals surface area contributed by atoms with Crippen molar-refractivity contribution in [1.82, 2.24) is 0 Å². The molecule has 0 atom stereocenters. The Kier molecular flexibility index (Phi) is 3.12. The number of rotatable bonds is 3. The highest BCUT2D eigenvalue weighted by molar-refractivity contribution is 6.61. The van der Waals surface area contributed by atoms with Crippen molar-refractivity contribution in [2.75, 3.05) is 20.3 Å². The van der Waals surface area contributed by atoms with Crippen molar-refractivity contribution in [2.24, 2.45) is 0 Å². The highest BCUT2D eigenvalue weighted by atomic mass is 16.6. The molecule has 1 aromatic rings. The van der Waals surface area contributed by atoms with E-state index in [9.17, 15) is 4.79 Å². The molecule has 2 rings (SSSR count). The van der Waals surface area contributed by atoms with E-state index in [-0.39, 0.29) is 5.56 Å². The Labute approximate surface area is 93.1 Å². The zero-order valence-electron chi connectivity index (χ0n) is 8.80. The van der Waals surface area contributed by atoms with E-state index < -0.39 is 13.1 Å². The first-order valence-corrected chi connectivity index (χ1v) is 4.87. The third kappa shape index (κ3) is 2.03. The van der Waals surface area contributed by atoms with Crippen molar-refractivity contribution < 1.29 is 23.9 Å². The zero-order valence-corrected chi connectivity index (χ0v) is 8.80. The topological polar surface area (TPSA) is 65.0 Å². The summed E-state index contributed by atoms with van der Waals surface area (Å²) < 4.78 is 15.6. The van der Waals surface area contributed by atoms with Gasteiger partial charge in [-0.25, -0.2) is 4.79 Å². The minimum absolute atomic E-state index is 0.129. The van der Waals surface area contributed by atoms with Crippen molar-refractivity contribution in [3.8, 4) is 5.75 Å². The molecule has 1 saturated heterocycles. The van der Waals surface area contributed by atoms with Gasteiger partial charge in [0.1, 0.15) is 11.3 Å². The van der Waals surface area contributed by atoms with Gasteiger partial charge in [-0.15, -0.1) is 0 Å². The molecular weight excluding hydrogens is 211 g/mol. The van der Waals surface area contributed by atoms with Gasteiger partial charge >= 0.3 is 13.1 Å². The fourth-order valence-corrected chi connectivity index (χ4v) is 1.58. The highest BCUT2D eigenvalue weighted by Gasteiger charge is 2.27. The molecule has 0 saturated carbocycles. The van der Waals surface area contributed by atoms with Gasteiger partial charge in [-0.1, -0.05) is 6.07 Å². The van der Waals surface area contributed by atoms with Crippen molar-refractivity contribution in [3.63, 3.8) is 0 Å². The Bertz CT molecular complexity index is 400. The Morgan fingerprint density at radius 2 is 2.12 bits per heavy atom. The maximum atomic E-state index is 10.9. The minimum Gasteiger partial charge on any atom is -0.496 e. The van der Waals surface area contributed by atoms with E-state index in [4.69, 9.17) is 19.2 Å². The summed E-state index contributed by atoms with van der Waals surface area (Å²) in [6.45, 7) is 1.10. The SMILES string of the molecule is COc1cc(B2OCCO2)ccc1C(=O)O. The van der Waals surface area contributed by atoms with E-state index in [0.717, 1.165) is 5.46 Å². The second-order valence-electron chi connectivity index (χ2n) is 3.34. The largest absolute Gasteiger partial charge is 0.496 e. The zero-order chi connectivity index (χ0) is 11.5. The molecule has 1 aromatic carbocycles. The lowest BCUT2D eigenvalue weighted by atomic mass is 9.79. The molecule has 0 aromatic heterocycles. The minimum atomic E-state index is -1.02. The Balaban J connectivity index is 2.32. The summed E-state index contributed by atoms with van der Waals surface area (Å²) in [4.78, 5) is 10.9. The van der Waals surface area contributed by atoms with Gasteiger partial charge in [-0.3, -0.25) is 0 Å². The number of aromatic carboxylic acids is 1. The number of carbonyl (C=O) groups is 1. The van der Waals surface area contributed by atoms with Gasteiger partial charge in [-0.05, 0) is 17.6 Å². The van der Waals surface area contributed by atoms with Crippen LogP contribution in [0.3, 0.4) is 0 Å². The smallest absolute Gasteiger partial charge is 0.494 e. The van der Waals surface area contributed by atoms with Gasteiger partial charge in [0.15, 0.2) is 0 Å². The summed E-state index contributed by atoms with van der Waals surface area (Å²) in [6, 6.07) is 4.78. The van der Waals surface area contributed by atoms with Crippen molar-refractivity contribution in [1.29, 1.82) is 0 Å². The first kappa shape index (κ1) is 11.0. The molecule has 1 fully saturated rings. The van der Waals surface area contributed by atoms with Gasteiger partial charge in [0.25, 0.3) is 0 Å². The molecule has 0 amide bonds. The van der Waals surface area contributed by atoms with Crippen LogP contribution in [0.25, 0.3) is 0 Å². The molecule has 0 radical (unpaired) electrons. The van der Waals surface area contributed by atoms with Gasteiger partial charge in [0.05, 0.1) is 20.3 Å². The van der Waals surface area contributed by atoms with E-state index in [2.05, 4.69) is 0 Å². The van der Waals surface area contributed by atoms with Gasteiger partial charge in [0.2, 0.25) is 0 Å². The summed E-state index contributed by atoms with van der Waals surface area (Å²) in [5, 5.41) is 8.91. The fraction of sp³-hybridized carbons (Fsp3) is 0.300. The van der Waals surface area contributed by atoms with Crippen LogP contribution in [0, 0.1) is 0 Å². The molecule has 1 aliphatic rings. The van der Waals surface area contributed by atoms with Gasteiger partial charge < -0.3 is 19.2 Å². The summed E-state index contributed by atoms with van der Waals surface area (Å²) in [5.74, 6) is -0.708. The Hall–Kier alpha value is -1.53. The molecule has 0 bridgehead atoms. The van der Waals surface area contributed by atoms with Crippen LogP contribution in [0.5, 0.6) is 5.75 Å². The van der Waals surface area contributed by atoms with Crippen LogP contribution >= 0.6 is 0 Å². The number of methoxy groups -OCH3 is 1. The van der Waals surface area contributed by atoms with E-state index in [1.165, 1.54) is 13.2 Å². The third-order valence-electron chi connectivity index (χ3n) is 2.35. The Morgan fingerprint density at radius 1 is 1.44 bits per heavy atom. The van der Waals surface area contributed by atoms with E-state index >= 15 is 0 Å². The van der Waals surface area contributed by atoms with Crippen LogP contribution in [0.15, 0.2) is 18.2 Å². The summed E-state index contributed by atoms with van der Waals surface area (Å²) >= 11 is 0. The predicted octanol–water partition coefficient (Wildman–Crippen LogP) is 0.135. The predicted molar refractivity (Wildman–Crippen MR) is 57.2 cm³/mol. The molecule has 0 unspecified atom stereocenters. The molecule has 1 aliphatic heterocycles. The molecule has 6 heteroatoms. The van der Waals surface area contributed by atoms with E-state index in [0.29, 0.717) is 19.0 Å². The number of benzene rings is 1. The van der Waals surface area contributed by atoms with Crippen LogP contribution in [0.1, 0.15) is 10.4 Å². The van der Waals surface area contributed by atoms with Crippen molar-refractivity contribution >= 4 is 18.6 Å². The number of carboxylic acid groups (broad SMARTS) is 1. The normalized spacial score (nSPS) is 15.2. The lowest BCUT2D eigenvalue weighted by Crippen LogP contribution is -2.31. The van der Waals surface area contributed by atoms with Crippen LogP contribution in [0.4, 0.5) is 0 Å². The van der Waals surface area contributed by atoms with E-state index in [1.807, 2.05) is 0 Å². The summed E-state index contributed by atoms with van der Waals surface area (Å²) in [6.07, 6.45) is 0. The van der Waals surface area contributed by atoms with Crippen LogP contribution in [0.2, 0.25) is 0 Å². The standard InChI is InChI=1S/C10H11BO5/c1-14-9-6-7(11-15-4-5-16-11)2-3-8(9)10(12)13/h2-3,6H,4-5H2,1H3,(H,12,13). The maximum Gasteiger partial charge on any atom is 0.494 e. The number of ether oxygens (including phenoxy) is 1. The number of carboxylic acids is 1. The molecule has 1 N–H and O–H groups in total. The van der Waals surface area contributed by atoms with Crippen molar-refractivity contribution in [2.45, 2.75) is 0 Å². The Morgan fingerprint density at radius 3 is 2.69 bits per heavy atom. The first-order chi connectivity index (χ1) is 7.72. The van der Waals surface area contributed by atoms with Gasteiger partial charge in [-0.2, -0.15) is 0 Å². The molecular formula is C10H11BO5. The maximum absolute atomic E-state index is 10.9. The second kappa shape index (κ2) is 4.55. The van der Waals surface area contributed by atoms with Crippen LogP contribution in [-0.4, -0.2) is 38.5 Å². The van der Waals surface area contributed by atoms with Crippen molar-refractivity contribution in [3.05, 3.63) is 23.8 Å². The molecule has 0 aliphatic carbocycles. The molecule has 16 heavy (non-hydrogen) atoms. The quantitative estimate of drug-likeness (QED) is 0.736. The lowest BCUT2D eigenvalue weighted by Gasteiger charge is -2.09. The number of hydrogen-bond acceptors (Lipinski definition) is 4. The highest BCUT2D eigenvalue weighted by Crippen LogP contribution is 2.17. The van der Waals surface area contributed by atoms with Crippen LogP contribution in [-0.2, 0) is 9.31 Å². The average Bonchev–Trinajstić information content (AvgIpc) is 2.81. The molecule has 0 spiro atoms. The molecule has 5 nitrogen and oxygen atoms in total. The van der Waals surface area contributed by atoms with E-state index in [1.54, 1.807) is 12.1 Å². The second-order valence-corrected chi connectivity index (χ2v) is 3.34. The lowest BCUT2D eigenvalue weighted by molar-refractivity contribution is 0.0693. The molecule has 84 valence electrons. The molecule has 1 heterocycles. The number of hydrogen-bond donors (Lipinski definition) is 1. The monoisotopic (exact) mass is 222 g/mol. The fourth-order valence-electron chi connectivity index (χ4n) is 1.58. The summed E-state index contributed by atoms with van der Waals surface area (Å²) in [7, 11) is 1.01. The van der Waals surface area contributed by atoms with Crippen LogP contribution < -0.4 is 10.2 Å². The first-order valence-electron chi connectivity index (χ1n) is 4.87.